The zero-order valence-electron chi connectivity index (χ0n) is 18.6. The van der Waals surface area contributed by atoms with E-state index in [0.29, 0.717) is 25.1 Å². The first kappa shape index (κ1) is 30.6. The molecule has 0 aromatic heterocycles. The van der Waals surface area contributed by atoms with Crippen LogP contribution in [0.4, 0.5) is 0 Å². The highest BCUT2D eigenvalue weighted by Crippen LogP contribution is 2.05. The Morgan fingerprint density at radius 3 is 1.94 bits per heavy atom. The Bertz CT molecular complexity index is 666. The van der Waals surface area contributed by atoms with E-state index in [2.05, 4.69) is 16.0 Å². The van der Waals surface area contributed by atoms with Crippen LogP contribution in [0.5, 0.6) is 0 Å². The van der Waals surface area contributed by atoms with Crippen LogP contribution in [0.1, 0.15) is 38.5 Å². The molecule has 0 aromatic rings. The molecule has 0 aromatic carbocycles. The van der Waals surface area contributed by atoms with E-state index in [1.807, 2.05) is 0 Å². The lowest BCUT2D eigenvalue weighted by Gasteiger charge is -2.24. The van der Waals surface area contributed by atoms with Crippen molar-refractivity contribution >= 4 is 41.4 Å². The number of aliphatic hydroxyl groups is 1. The molecule has 10 N–H and O–H groups in total. The molecule has 0 aliphatic carbocycles. The zero-order chi connectivity index (χ0) is 25.4. The summed E-state index contributed by atoms with van der Waals surface area (Å²) in [5.74, 6) is -4.30. The first-order valence-electron chi connectivity index (χ1n) is 10.5. The standard InChI is InChI=1S/C19H35N5O8S/c1-33-9-7-13(19(31)32)23-18(30)14(10-25)24-17(29)12(4-2-3-8-20)22-16(28)11(21)5-6-15(26)27/h11-14,25H,2-10,20-21H2,1H3,(H,22,28)(H,23,30)(H,24,29)(H,26,27)(H,31,32). The maximum Gasteiger partial charge on any atom is 0.326 e. The molecule has 0 spiro atoms. The maximum atomic E-state index is 12.7. The van der Waals surface area contributed by atoms with Crippen LogP contribution in [-0.4, -0.2) is 94.3 Å². The smallest absolute Gasteiger partial charge is 0.326 e. The van der Waals surface area contributed by atoms with Gasteiger partial charge in [-0.3, -0.25) is 19.2 Å². The number of nitrogens with one attached hydrogen (secondary N) is 3. The third-order valence-electron chi connectivity index (χ3n) is 4.63. The number of rotatable bonds is 18. The quantitative estimate of drug-likeness (QED) is 0.0936. The van der Waals surface area contributed by atoms with E-state index in [1.54, 1.807) is 6.26 Å². The predicted octanol–water partition coefficient (Wildman–Crippen LogP) is -2.41. The fourth-order valence-electron chi connectivity index (χ4n) is 2.68. The fourth-order valence-corrected chi connectivity index (χ4v) is 3.15. The minimum absolute atomic E-state index is 0.132. The molecule has 0 saturated carbocycles. The Morgan fingerprint density at radius 2 is 1.42 bits per heavy atom. The molecular weight excluding hydrogens is 458 g/mol. The molecule has 4 atom stereocenters. The highest BCUT2D eigenvalue weighted by Gasteiger charge is 2.29. The first-order valence-corrected chi connectivity index (χ1v) is 11.9. The number of thioether (sulfide) groups is 1. The summed E-state index contributed by atoms with van der Waals surface area (Å²) in [7, 11) is 0. The van der Waals surface area contributed by atoms with Gasteiger partial charge in [0.1, 0.15) is 18.1 Å². The molecule has 0 aliphatic heterocycles. The van der Waals surface area contributed by atoms with Crippen molar-refractivity contribution in [1.82, 2.24) is 16.0 Å². The van der Waals surface area contributed by atoms with Crippen molar-refractivity contribution in [1.29, 1.82) is 0 Å². The van der Waals surface area contributed by atoms with E-state index in [0.717, 1.165) is 0 Å². The number of nitrogens with two attached hydrogens (primary N) is 2. The van der Waals surface area contributed by atoms with Crippen LogP contribution in [0.15, 0.2) is 0 Å². The average Bonchev–Trinajstić information content (AvgIpc) is 2.77. The van der Waals surface area contributed by atoms with E-state index >= 15 is 0 Å². The summed E-state index contributed by atoms with van der Waals surface area (Å²) in [5, 5.41) is 34.5. The number of unbranched alkanes of at least 4 members (excludes halogenated alkanes) is 1. The summed E-state index contributed by atoms with van der Waals surface area (Å²) in [4.78, 5) is 59.4. The van der Waals surface area contributed by atoms with Gasteiger partial charge < -0.3 is 42.7 Å². The van der Waals surface area contributed by atoms with Gasteiger partial charge in [0.2, 0.25) is 17.7 Å². The molecule has 13 nitrogen and oxygen atoms in total. The van der Waals surface area contributed by atoms with E-state index in [1.165, 1.54) is 11.8 Å². The van der Waals surface area contributed by atoms with Crippen LogP contribution in [-0.2, 0) is 24.0 Å². The summed E-state index contributed by atoms with van der Waals surface area (Å²) >= 11 is 1.40. The predicted molar refractivity (Wildman–Crippen MR) is 121 cm³/mol. The number of aliphatic carboxylic acids is 2. The molecule has 0 aliphatic rings. The van der Waals surface area contributed by atoms with E-state index in [9.17, 15) is 34.2 Å². The van der Waals surface area contributed by atoms with Crippen molar-refractivity contribution in [2.75, 3.05) is 25.2 Å². The summed E-state index contributed by atoms with van der Waals surface area (Å²) in [6, 6.07) is -4.91. The largest absolute Gasteiger partial charge is 0.481 e. The molecular formula is C19H35N5O8S. The minimum Gasteiger partial charge on any atom is -0.481 e. The van der Waals surface area contributed by atoms with Crippen LogP contribution in [0.3, 0.4) is 0 Å². The van der Waals surface area contributed by atoms with Gasteiger partial charge in [0.25, 0.3) is 0 Å². The van der Waals surface area contributed by atoms with Crippen molar-refractivity contribution in [2.45, 2.75) is 62.7 Å². The first-order chi connectivity index (χ1) is 15.6. The monoisotopic (exact) mass is 493 g/mol. The molecule has 0 rings (SSSR count). The second-order valence-corrected chi connectivity index (χ2v) is 8.29. The summed E-state index contributed by atoms with van der Waals surface area (Å²) < 4.78 is 0. The number of carboxylic acid groups (broad SMARTS) is 2. The van der Waals surface area contributed by atoms with Crippen LogP contribution >= 0.6 is 11.8 Å². The van der Waals surface area contributed by atoms with Gasteiger partial charge in [0, 0.05) is 6.42 Å². The Labute approximate surface area is 196 Å². The maximum absolute atomic E-state index is 12.7. The number of hydrogen-bond acceptors (Lipinski definition) is 9. The molecule has 3 amide bonds. The molecule has 33 heavy (non-hydrogen) atoms. The number of hydrogen-bond donors (Lipinski definition) is 8. The third-order valence-corrected chi connectivity index (χ3v) is 5.27. The molecule has 0 saturated heterocycles. The Kier molecular flexibility index (Phi) is 15.9. The van der Waals surface area contributed by atoms with Gasteiger partial charge >= 0.3 is 11.9 Å². The van der Waals surface area contributed by atoms with Crippen LogP contribution in [0.2, 0.25) is 0 Å². The van der Waals surface area contributed by atoms with Crippen molar-refractivity contribution in [3.63, 3.8) is 0 Å². The molecule has 190 valence electrons. The number of carbonyl (C=O) groups is 5. The highest BCUT2D eigenvalue weighted by atomic mass is 32.2. The Hall–Kier alpha value is -2.42. The number of amides is 3. The van der Waals surface area contributed by atoms with Gasteiger partial charge in [0.05, 0.1) is 12.6 Å². The van der Waals surface area contributed by atoms with Gasteiger partial charge in [-0.05, 0) is 50.7 Å². The Morgan fingerprint density at radius 1 is 0.848 bits per heavy atom. The summed E-state index contributed by atoms with van der Waals surface area (Å²) in [6.45, 7) is -0.442. The summed E-state index contributed by atoms with van der Waals surface area (Å²) in [6.07, 6.45) is 2.66. The number of carbonyl (C=O) groups excluding carboxylic acids is 3. The zero-order valence-corrected chi connectivity index (χ0v) is 19.4. The molecule has 0 bridgehead atoms. The van der Waals surface area contributed by atoms with Crippen molar-refractivity contribution in [3.8, 4) is 0 Å². The normalized spacial score (nSPS) is 14.4. The lowest BCUT2D eigenvalue weighted by Crippen LogP contribution is -2.58. The fraction of sp³-hybridized carbons (Fsp3) is 0.737. The van der Waals surface area contributed by atoms with Gasteiger partial charge in [-0.1, -0.05) is 0 Å². The molecule has 4 unspecified atom stereocenters. The van der Waals surface area contributed by atoms with Crippen molar-refractivity contribution in [2.24, 2.45) is 11.5 Å². The van der Waals surface area contributed by atoms with E-state index in [4.69, 9.17) is 16.6 Å². The number of carboxylic acids is 2. The second kappa shape index (κ2) is 17.1. The molecule has 14 heteroatoms. The lowest BCUT2D eigenvalue weighted by molar-refractivity contribution is -0.142. The lowest BCUT2D eigenvalue weighted by atomic mass is 10.1. The van der Waals surface area contributed by atoms with E-state index < -0.39 is 60.4 Å². The van der Waals surface area contributed by atoms with Crippen molar-refractivity contribution < 1.29 is 39.3 Å². The molecule has 0 heterocycles. The van der Waals surface area contributed by atoms with Crippen LogP contribution in [0, 0.1) is 0 Å². The highest BCUT2D eigenvalue weighted by molar-refractivity contribution is 7.98. The van der Waals surface area contributed by atoms with Crippen LogP contribution in [0.25, 0.3) is 0 Å². The third kappa shape index (κ3) is 13.0. The van der Waals surface area contributed by atoms with Gasteiger partial charge in [0.15, 0.2) is 0 Å². The average molecular weight is 494 g/mol. The molecule has 0 radical (unpaired) electrons. The Balaban J connectivity index is 5.19. The summed E-state index contributed by atoms with van der Waals surface area (Å²) in [5.41, 5.74) is 11.1. The second-order valence-electron chi connectivity index (χ2n) is 7.31. The van der Waals surface area contributed by atoms with E-state index in [-0.39, 0.29) is 25.7 Å². The number of aliphatic hydroxyl groups excluding tert-OH is 1. The topological polar surface area (TPSA) is 234 Å². The van der Waals surface area contributed by atoms with Gasteiger partial charge in [-0.15, -0.1) is 0 Å². The van der Waals surface area contributed by atoms with Crippen LogP contribution < -0.4 is 27.4 Å². The van der Waals surface area contributed by atoms with Gasteiger partial charge in [-0.25, -0.2) is 4.79 Å². The van der Waals surface area contributed by atoms with Crippen molar-refractivity contribution in [3.05, 3.63) is 0 Å². The molecule has 0 fully saturated rings. The van der Waals surface area contributed by atoms with Gasteiger partial charge in [-0.2, -0.15) is 11.8 Å². The minimum atomic E-state index is -1.44. The SMILES string of the molecule is CSCCC(NC(=O)C(CO)NC(=O)C(CCCCN)NC(=O)C(N)CCC(=O)O)C(=O)O.